The summed E-state index contributed by atoms with van der Waals surface area (Å²) in [5.41, 5.74) is 0.416. The molecule has 5 aliphatic rings. The Bertz CT molecular complexity index is 547. The molecule has 3 atom stereocenters. The van der Waals surface area contributed by atoms with Crippen LogP contribution in [0.3, 0.4) is 0 Å². The van der Waals surface area contributed by atoms with Crippen LogP contribution in [-0.4, -0.2) is 47.6 Å². The lowest BCUT2D eigenvalue weighted by atomic mass is 9.54. The van der Waals surface area contributed by atoms with Gasteiger partial charge in [0.2, 0.25) is 11.8 Å². The molecule has 5 rings (SSSR count). The van der Waals surface area contributed by atoms with Gasteiger partial charge in [-0.05, 0) is 44.9 Å². The maximum absolute atomic E-state index is 12.0. The number of hydrogen-bond acceptors (Lipinski definition) is 4. The van der Waals surface area contributed by atoms with E-state index in [1.807, 2.05) is 0 Å². The van der Waals surface area contributed by atoms with E-state index in [0.717, 1.165) is 38.2 Å². The monoisotopic (exact) mass is 346 g/mol. The molecule has 0 radical (unpaired) electrons. The quantitative estimate of drug-likeness (QED) is 0.797. The molecule has 5 nitrogen and oxygen atoms in total. The molecule has 0 aromatic carbocycles. The van der Waals surface area contributed by atoms with E-state index < -0.39 is 0 Å². The van der Waals surface area contributed by atoms with Crippen molar-refractivity contribution in [1.82, 2.24) is 10.2 Å². The zero-order valence-electron chi connectivity index (χ0n) is 15.0. The number of amides is 2. The van der Waals surface area contributed by atoms with Crippen LogP contribution < -0.4 is 5.32 Å². The fourth-order valence-electron chi connectivity index (χ4n) is 6.70. The van der Waals surface area contributed by atoms with Crippen molar-refractivity contribution in [1.29, 1.82) is 0 Å². The minimum absolute atomic E-state index is 0.0521. The molecule has 3 saturated carbocycles. The first kappa shape index (κ1) is 16.2. The average Bonchev–Trinajstić information content (AvgIpc) is 3.33. The van der Waals surface area contributed by atoms with Gasteiger partial charge in [-0.1, -0.05) is 12.8 Å². The molecule has 2 saturated heterocycles. The lowest BCUT2D eigenvalue weighted by molar-refractivity contribution is -0.143. The minimum atomic E-state index is 0.0521. The van der Waals surface area contributed by atoms with Crippen molar-refractivity contribution in [3.05, 3.63) is 0 Å². The highest BCUT2D eigenvalue weighted by Crippen LogP contribution is 2.60. The Morgan fingerprint density at radius 1 is 0.960 bits per heavy atom. The predicted octanol–water partition coefficient (Wildman–Crippen LogP) is 2.38. The molecule has 0 unspecified atom stereocenters. The van der Waals surface area contributed by atoms with Gasteiger partial charge in [0.25, 0.3) is 0 Å². The SMILES string of the molecule is O=C1CCC(=O)N1C1CCC(N[C@@H]2[C@H]3CCO[C@@H]3C23CCCC3)CC1. The molecule has 2 amide bonds. The summed E-state index contributed by atoms with van der Waals surface area (Å²) in [5, 5.41) is 4.02. The van der Waals surface area contributed by atoms with Gasteiger partial charge in [0.15, 0.2) is 0 Å². The lowest BCUT2D eigenvalue weighted by Gasteiger charge is -2.58. The molecular formula is C20H30N2O3. The Morgan fingerprint density at radius 3 is 2.32 bits per heavy atom. The Balaban J connectivity index is 1.20. The molecule has 2 aliphatic heterocycles. The summed E-state index contributed by atoms with van der Waals surface area (Å²) in [6, 6.07) is 1.34. The third-order valence-corrected chi connectivity index (χ3v) is 7.85. The van der Waals surface area contributed by atoms with Crippen LogP contribution in [0, 0.1) is 11.3 Å². The van der Waals surface area contributed by atoms with E-state index in [9.17, 15) is 9.59 Å². The highest BCUT2D eigenvalue weighted by molar-refractivity contribution is 6.02. The van der Waals surface area contributed by atoms with Crippen molar-refractivity contribution < 1.29 is 14.3 Å². The first-order chi connectivity index (χ1) is 12.2. The molecule has 0 aromatic heterocycles. The molecule has 1 N–H and O–H groups in total. The van der Waals surface area contributed by atoms with Gasteiger partial charge in [-0.15, -0.1) is 0 Å². The molecule has 25 heavy (non-hydrogen) atoms. The van der Waals surface area contributed by atoms with Gasteiger partial charge in [0, 0.05) is 48.9 Å². The summed E-state index contributed by atoms with van der Waals surface area (Å²) in [6.07, 6.45) is 12.1. The number of carbonyl (C=O) groups is 2. The number of imide groups is 1. The molecule has 138 valence electrons. The van der Waals surface area contributed by atoms with Crippen molar-refractivity contribution in [2.24, 2.45) is 11.3 Å². The molecular weight excluding hydrogens is 316 g/mol. The molecule has 3 aliphatic carbocycles. The topological polar surface area (TPSA) is 58.6 Å². The van der Waals surface area contributed by atoms with Crippen LogP contribution in [0.15, 0.2) is 0 Å². The van der Waals surface area contributed by atoms with E-state index in [2.05, 4.69) is 5.32 Å². The van der Waals surface area contributed by atoms with E-state index in [-0.39, 0.29) is 17.9 Å². The maximum atomic E-state index is 12.0. The molecule has 5 heteroatoms. The smallest absolute Gasteiger partial charge is 0.229 e. The van der Waals surface area contributed by atoms with Gasteiger partial charge in [-0.2, -0.15) is 0 Å². The van der Waals surface area contributed by atoms with E-state index in [4.69, 9.17) is 4.74 Å². The summed E-state index contributed by atoms with van der Waals surface area (Å²) in [4.78, 5) is 25.5. The van der Waals surface area contributed by atoms with Crippen molar-refractivity contribution in [2.75, 3.05) is 6.61 Å². The number of nitrogens with one attached hydrogen (secondary N) is 1. The number of likely N-dealkylation sites (tertiary alicyclic amines) is 1. The van der Waals surface area contributed by atoms with Gasteiger partial charge in [-0.25, -0.2) is 0 Å². The van der Waals surface area contributed by atoms with E-state index >= 15 is 0 Å². The highest BCUT2D eigenvalue weighted by atomic mass is 16.5. The van der Waals surface area contributed by atoms with Crippen molar-refractivity contribution in [3.63, 3.8) is 0 Å². The van der Waals surface area contributed by atoms with Gasteiger partial charge < -0.3 is 10.1 Å². The second-order valence-corrected chi connectivity index (χ2v) is 8.99. The van der Waals surface area contributed by atoms with E-state index in [1.165, 1.54) is 32.1 Å². The second-order valence-electron chi connectivity index (χ2n) is 8.99. The zero-order valence-corrected chi connectivity index (χ0v) is 15.0. The third kappa shape index (κ3) is 2.42. The highest BCUT2D eigenvalue weighted by Gasteiger charge is 2.64. The van der Waals surface area contributed by atoms with Crippen LogP contribution in [-0.2, 0) is 14.3 Å². The largest absolute Gasteiger partial charge is 0.377 e. The molecule has 0 bridgehead atoms. The molecule has 5 fully saturated rings. The van der Waals surface area contributed by atoms with Crippen LogP contribution in [0.4, 0.5) is 0 Å². The first-order valence-corrected chi connectivity index (χ1v) is 10.4. The van der Waals surface area contributed by atoms with Gasteiger partial charge in [0.1, 0.15) is 0 Å². The number of hydrogen-bond donors (Lipinski definition) is 1. The van der Waals surface area contributed by atoms with Crippen molar-refractivity contribution >= 4 is 11.8 Å². The number of fused-ring (bicyclic) bond motifs is 2. The Morgan fingerprint density at radius 2 is 1.64 bits per heavy atom. The first-order valence-electron chi connectivity index (χ1n) is 10.4. The summed E-state index contributed by atoms with van der Waals surface area (Å²) < 4.78 is 6.10. The Labute approximate surface area is 149 Å². The van der Waals surface area contributed by atoms with E-state index in [0.29, 0.717) is 36.4 Å². The fraction of sp³-hybridized carbons (Fsp3) is 0.900. The molecule has 0 aromatic rings. The number of ether oxygens (including phenoxy) is 1. The van der Waals surface area contributed by atoms with Gasteiger partial charge >= 0.3 is 0 Å². The summed E-state index contributed by atoms with van der Waals surface area (Å²) in [5.74, 6) is 0.824. The summed E-state index contributed by atoms with van der Waals surface area (Å²) >= 11 is 0. The standard InChI is InChI=1S/C20H30N2O3/c23-16-7-8-17(24)22(16)14-5-3-13(4-6-14)21-18-15-9-12-25-19(15)20(18)10-1-2-11-20/h13-15,18-19,21H,1-12H2/t13?,14?,15-,18-,19+/m1/s1. The second kappa shape index (κ2) is 6.05. The van der Waals surface area contributed by atoms with Crippen LogP contribution in [0.1, 0.15) is 70.6 Å². The predicted molar refractivity (Wildman–Crippen MR) is 92.8 cm³/mol. The normalized spacial score (nSPS) is 42.9. The minimum Gasteiger partial charge on any atom is -0.377 e. The Hall–Kier alpha value is -0.940. The third-order valence-electron chi connectivity index (χ3n) is 7.85. The molecule has 2 heterocycles. The van der Waals surface area contributed by atoms with Crippen LogP contribution in [0.2, 0.25) is 0 Å². The van der Waals surface area contributed by atoms with E-state index in [1.54, 1.807) is 4.90 Å². The lowest BCUT2D eigenvalue weighted by Crippen LogP contribution is -2.69. The van der Waals surface area contributed by atoms with Gasteiger partial charge in [-0.3, -0.25) is 14.5 Å². The van der Waals surface area contributed by atoms with Gasteiger partial charge in [0.05, 0.1) is 6.10 Å². The van der Waals surface area contributed by atoms with Crippen molar-refractivity contribution in [3.8, 4) is 0 Å². The number of rotatable bonds is 3. The van der Waals surface area contributed by atoms with Crippen LogP contribution >= 0.6 is 0 Å². The van der Waals surface area contributed by atoms with Crippen LogP contribution in [0.25, 0.3) is 0 Å². The maximum Gasteiger partial charge on any atom is 0.229 e. The fourth-order valence-corrected chi connectivity index (χ4v) is 6.70. The summed E-state index contributed by atoms with van der Waals surface area (Å²) in [6.45, 7) is 0.946. The zero-order chi connectivity index (χ0) is 17.0. The van der Waals surface area contributed by atoms with Crippen LogP contribution in [0.5, 0.6) is 0 Å². The average molecular weight is 346 g/mol. The summed E-state index contributed by atoms with van der Waals surface area (Å²) in [7, 11) is 0. The number of nitrogens with zero attached hydrogens (tertiary/aromatic N) is 1. The van der Waals surface area contributed by atoms with Crippen molar-refractivity contribution in [2.45, 2.75) is 94.9 Å². The Kier molecular flexibility index (Phi) is 3.93. The number of carbonyl (C=O) groups excluding carboxylic acids is 2. The molecule has 1 spiro atoms.